The zero-order chi connectivity index (χ0) is 20.0. The molecule has 154 valence electrons. The van der Waals surface area contributed by atoms with E-state index in [-0.39, 0.29) is 5.04 Å². The van der Waals surface area contributed by atoms with Gasteiger partial charge in [-0.15, -0.1) is 0 Å². The zero-order valence-corrected chi connectivity index (χ0v) is 19.7. The number of benzene rings is 1. The maximum atomic E-state index is 6.82. The second-order valence-corrected chi connectivity index (χ2v) is 16.5. The third-order valence-electron chi connectivity index (χ3n) is 8.62. The van der Waals surface area contributed by atoms with Crippen LogP contribution in [0.2, 0.25) is 18.1 Å². The fraction of sp³-hybridized carbons (Fsp3) is 0.692. The van der Waals surface area contributed by atoms with Crippen molar-refractivity contribution < 1.29 is 4.43 Å². The van der Waals surface area contributed by atoms with Crippen molar-refractivity contribution >= 4 is 14.4 Å². The molecule has 28 heavy (non-hydrogen) atoms. The van der Waals surface area contributed by atoms with Gasteiger partial charge < -0.3 is 4.43 Å². The summed E-state index contributed by atoms with van der Waals surface area (Å²) in [5.41, 5.74) is 1.83. The van der Waals surface area contributed by atoms with E-state index in [2.05, 4.69) is 76.3 Å². The van der Waals surface area contributed by atoms with E-state index < -0.39 is 8.32 Å². The Bertz CT molecular complexity index is 662. The summed E-state index contributed by atoms with van der Waals surface area (Å²) < 4.78 is 6.82. The first-order valence-electron chi connectivity index (χ1n) is 11.5. The van der Waals surface area contributed by atoms with Gasteiger partial charge in [0, 0.05) is 12.5 Å². The Labute approximate surface area is 174 Å². The molecule has 1 aromatic carbocycles. The minimum absolute atomic E-state index is 0.280. The van der Waals surface area contributed by atoms with Crippen molar-refractivity contribution in [1.29, 1.82) is 0 Å². The second-order valence-electron chi connectivity index (χ2n) is 11.7. The van der Waals surface area contributed by atoms with Crippen LogP contribution >= 0.6 is 0 Å². The van der Waals surface area contributed by atoms with Crippen LogP contribution in [-0.4, -0.2) is 14.9 Å². The van der Waals surface area contributed by atoms with Gasteiger partial charge >= 0.3 is 0 Å². The Morgan fingerprint density at radius 1 is 1.00 bits per heavy atom. The van der Waals surface area contributed by atoms with Gasteiger partial charge in [0.15, 0.2) is 8.32 Å². The molecule has 0 unspecified atom stereocenters. The highest BCUT2D eigenvalue weighted by molar-refractivity contribution is 6.74. The van der Waals surface area contributed by atoms with Crippen LogP contribution in [0.25, 0.3) is 6.08 Å². The third kappa shape index (κ3) is 4.05. The highest BCUT2D eigenvalue weighted by atomic mass is 28.4. The van der Waals surface area contributed by atoms with Crippen molar-refractivity contribution in [2.24, 2.45) is 29.1 Å². The van der Waals surface area contributed by atoms with E-state index in [0.717, 1.165) is 24.4 Å². The van der Waals surface area contributed by atoms with E-state index in [1.165, 1.54) is 44.1 Å². The van der Waals surface area contributed by atoms with Crippen molar-refractivity contribution in [1.82, 2.24) is 0 Å². The van der Waals surface area contributed by atoms with Gasteiger partial charge in [0.1, 0.15) is 0 Å². The number of hydrogen-bond acceptors (Lipinski definition) is 1. The Kier molecular flexibility index (Phi) is 5.42. The molecule has 0 amide bonds. The summed E-state index contributed by atoms with van der Waals surface area (Å²) in [4.78, 5) is 0. The Morgan fingerprint density at radius 3 is 2.04 bits per heavy atom. The monoisotopic (exact) mass is 396 g/mol. The predicted molar refractivity (Wildman–Crippen MR) is 123 cm³/mol. The predicted octanol–water partition coefficient (Wildman–Crippen LogP) is 7.55. The largest absolute Gasteiger partial charge is 0.416 e. The molecule has 1 aromatic rings. The summed E-state index contributed by atoms with van der Waals surface area (Å²) in [7, 11) is -1.72. The van der Waals surface area contributed by atoms with Crippen LogP contribution in [0.15, 0.2) is 36.4 Å². The van der Waals surface area contributed by atoms with E-state index in [0.29, 0.717) is 11.3 Å². The van der Waals surface area contributed by atoms with Gasteiger partial charge in [-0.05, 0) is 85.4 Å². The molecule has 0 heterocycles. The molecule has 4 fully saturated rings. The van der Waals surface area contributed by atoms with Crippen LogP contribution in [0.1, 0.15) is 64.9 Å². The normalized spacial score (nSPS) is 33.5. The molecule has 4 aliphatic carbocycles. The van der Waals surface area contributed by atoms with Gasteiger partial charge in [0.05, 0.1) is 0 Å². The molecule has 4 saturated carbocycles. The summed E-state index contributed by atoms with van der Waals surface area (Å²) in [6.07, 6.45) is 13.8. The van der Waals surface area contributed by atoms with Crippen LogP contribution < -0.4 is 0 Å². The lowest BCUT2D eigenvalue weighted by atomic mass is 9.46. The minimum Gasteiger partial charge on any atom is -0.416 e. The van der Waals surface area contributed by atoms with Gasteiger partial charge in [0.2, 0.25) is 0 Å². The van der Waals surface area contributed by atoms with E-state index in [4.69, 9.17) is 4.43 Å². The SMILES string of the molecule is CC(C)(C)[Si](C)(C)OC[C@@H](/C=C/c1ccccc1)C12CC3CC(CC(C3)C1)C2. The molecular weight excluding hydrogens is 356 g/mol. The molecule has 0 aliphatic heterocycles. The molecule has 0 spiro atoms. The summed E-state index contributed by atoms with van der Waals surface area (Å²) in [5.74, 6) is 3.54. The maximum Gasteiger partial charge on any atom is 0.192 e. The average molecular weight is 397 g/mol. The topological polar surface area (TPSA) is 9.23 Å². The minimum atomic E-state index is -1.72. The Hall–Kier alpha value is -0.863. The summed E-state index contributed by atoms with van der Waals surface area (Å²) in [6, 6.07) is 10.8. The van der Waals surface area contributed by atoms with Gasteiger partial charge in [-0.1, -0.05) is 63.3 Å². The first kappa shape index (κ1) is 20.4. The highest BCUT2D eigenvalue weighted by Gasteiger charge is 2.54. The lowest BCUT2D eigenvalue weighted by Crippen LogP contribution is -2.51. The van der Waals surface area contributed by atoms with Gasteiger partial charge in [-0.25, -0.2) is 0 Å². The molecule has 4 bridgehead atoms. The van der Waals surface area contributed by atoms with Crippen molar-refractivity contribution in [3.8, 4) is 0 Å². The van der Waals surface area contributed by atoms with Crippen LogP contribution in [-0.2, 0) is 4.43 Å². The average Bonchev–Trinajstić information content (AvgIpc) is 2.60. The number of hydrogen-bond donors (Lipinski definition) is 0. The quantitative estimate of drug-likeness (QED) is 0.451. The van der Waals surface area contributed by atoms with Crippen molar-refractivity contribution in [2.45, 2.75) is 77.4 Å². The Balaban J connectivity index is 1.58. The third-order valence-corrected chi connectivity index (χ3v) is 13.1. The first-order valence-corrected chi connectivity index (χ1v) is 14.4. The number of rotatable bonds is 6. The molecule has 0 aromatic heterocycles. The smallest absolute Gasteiger partial charge is 0.192 e. The highest BCUT2D eigenvalue weighted by Crippen LogP contribution is 2.63. The first-order chi connectivity index (χ1) is 13.2. The molecule has 2 heteroatoms. The lowest BCUT2D eigenvalue weighted by molar-refractivity contribution is -0.0842. The summed E-state index contributed by atoms with van der Waals surface area (Å²) in [5, 5.41) is 0.280. The fourth-order valence-corrected chi connectivity index (χ4v) is 7.40. The maximum absolute atomic E-state index is 6.82. The van der Waals surface area contributed by atoms with Gasteiger partial charge in [-0.2, -0.15) is 0 Å². The standard InChI is InChI=1S/C26H40OSi/c1-25(2,3)28(4,5)27-19-24(12-11-20-9-7-6-8-10-20)26-16-21-13-22(17-26)15-23(14-21)18-26/h6-12,21-24H,13-19H2,1-5H3/b12-11+/t21?,22?,23?,24-,26?/m1/s1. The molecule has 5 rings (SSSR count). The molecular formula is C26H40OSi. The van der Waals surface area contributed by atoms with Crippen LogP contribution in [0.3, 0.4) is 0 Å². The van der Waals surface area contributed by atoms with Crippen LogP contribution in [0.5, 0.6) is 0 Å². The molecule has 0 saturated heterocycles. The Morgan fingerprint density at radius 2 is 1.54 bits per heavy atom. The second kappa shape index (κ2) is 7.43. The van der Waals surface area contributed by atoms with Crippen LogP contribution in [0, 0.1) is 29.1 Å². The van der Waals surface area contributed by atoms with Gasteiger partial charge in [0.25, 0.3) is 0 Å². The molecule has 1 nitrogen and oxygen atoms in total. The van der Waals surface area contributed by atoms with Gasteiger partial charge in [-0.3, -0.25) is 0 Å². The molecule has 4 aliphatic rings. The van der Waals surface area contributed by atoms with E-state index in [1.54, 1.807) is 0 Å². The van der Waals surface area contributed by atoms with Crippen molar-refractivity contribution in [2.75, 3.05) is 6.61 Å². The molecule has 0 N–H and O–H groups in total. The molecule has 1 atom stereocenters. The summed E-state index contributed by atoms with van der Waals surface area (Å²) in [6.45, 7) is 12.8. The van der Waals surface area contributed by atoms with E-state index >= 15 is 0 Å². The van der Waals surface area contributed by atoms with Crippen LogP contribution in [0.4, 0.5) is 0 Å². The molecule has 0 radical (unpaired) electrons. The lowest BCUT2D eigenvalue weighted by Gasteiger charge is -2.59. The van der Waals surface area contributed by atoms with E-state index in [1.807, 2.05) is 0 Å². The van der Waals surface area contributed by atoms with Crippen molar-refractivity contribution in [3.05, 3.63) is 42.0 Å². The van der Waals surface area contributed by atoms with Crippen molar-refractivity contribution in [3.63, 3.8) is 0 Å². The summed E-state index contributed by atoms with van der Waals surface area (Å²) >= 11 is 0. The zero-order valence-electron chi connectivity index (χ0n) is 18.7. The fourth-order valence-electron chi connectivity index (χ4n) is 6.37. The van der Waals surface area contributed by atoms with E-state index in [9.17, 15) is 0 Å².